The SMILES string of the molecule is C[C@@H](CC(=O)Cc1cc2c(cn1)C(C(=O)NCc1cccnn1)=NC2)c1ccccc1. The minimum Gasteiger partial charge on any atom is -0.345 e. The summed E-state index contributed by atoms with van der Waals surface area (Å²) in [4.78, 5) is 33.9. The van der Waals surface area contributed by atoms with Crippen molar-refractivity contribution in [1.82, 2.24) is 20.5 Å². The van der Waals surface area contributed by atoms with Gasteiger partial charge in [-0.05, 0) is 35.2 Å². The van der Waals surface area contributed by atoms with Crippen molar-refractivity contribution in [3.8, 4) is 0 Å². The van der Waals surface area contributed by atoms with Crippen molar-refractivity contribution < 1.29 is 9.59 Å². The van der Waals surface area contributed by atoms with E-state index in [1.54, 1.807) is 24.5 Å². The summed E-state index contributed by atoms with van der Waals surface area (Å²) >= 11 is 0. The van der Waals surface area contributed by atoms with E-state index in [9.17, 15) is 9.59 Å². The van der Waals surface area contributed by atoms with Crippen molar-refractivity contribution in [2.45, 2.75) is 38.8 Å². The molecule has 7 nitrogen and oxygen atoms in total. The third-order valence-electron chi connectivity index (χ3n) is 5.26. The van der Waals surface area contributed by atoms with Crippen molar-refractivity contribution in [2.24, 2.45) is 4.99 Å². The number of rotatable bonds is 8. The second-order valence-electron chi connectivity index (χ2n) is 7.63. The Hall–Kier alpha value is -3.74. The predicted octanol–water partition coefficient (Wildman–Crippen LogP) is 2.80. The fourth-order valence-electron chi connectivity index (χ4n) is 3.63. The molecule has 1 amide bonds. The summed E-state index contributed by atoms with van der Waals surface area (Å²) in [5.41, 5.74) is 4.53. The number of hydrogen-bond acceptors (Lipinski definition) is 6. The first-order valence-corrected chi connectivity index (χ1v) is 10.2. The van der Waals surface area contributed by atoms with Crippen molar-refractivity contribution >= 4 is 17.4 Å². The average molecular weight is 413 g/mol. The van der Waals surface area contributed by atoms with Crippen LogP contribution in [0.1, 0.15) is 47.3 Å². The summed E-state index contributed by atoms with van der Waals surface area (Å²) in [5, 5.41) is 10.6. The van der Waals surface area contributed by atoms with E-state index in [4.69, 9.17) is 0 Å². The third-order valence-corrected chi connectivity index (χ3v) is 5.26. The lowest BCUT2D eigenvalue weighted by molar-refractivity contribution is -0.118. The van der Waals surface area contributed by atoms with Crippen molar-refractivity contribution in [3.63, 3.8) is 0 Å². The smallest absolute Gasteiger partial charge is 0.270 e. The highest BCUT2D eigenvalue weighted by Gasteiger charge is 2.23. The molecule has 31 heavy (non-hydrogen) atoms. The molecule has 1 aliphatic rings. The number of hydrogen-bond donors (Lipinski definition) is 1. The van der Waals surface area contributed by atoms with E-state index in [1.807, 2.05) is 36.4 Å². The number of aliphatic imine (C=N–C) groups is 1. The van der Waals surface area contributed by atoms with Gasteiger partial charge in [0.05, 0.1) is 18.8 Å². The number of nitrogens with zero attached hydrogens (tertiary/aromatic N) is 4. The Morgan fingerprint density at radius 3 is 2.71 bits per heavy atom. The highest BCUT2D eigenvalue weighted by atomic mass is 16.2. The average Bonchev–Trinajstić information content (AvgIpc) is 3.22. The largest absolute Gasteiger partial charge is 0.345 e. The van der Waals surface area contributed by atoms with Crippen molar-refractivity contribution in [3.05, 3.63) is 89.0 Å². The Labute approximate surface area is 180 Å². The number of benzene rings is 1. The van der Waals surface area contributed by atoms with Gasteiger partial charge in [-0.1, -0.05) is 37.3 Å². The zero-order valence-electron chi connectivity index (χ0n) is 17.3. The van der Waals surface area contributed by atoms with Gasteiger partial charge in [0.1, 0.15) is 11.5 Å². The molecule has 0 unspecified atom stereocenters. The van der Waals surface area contributed by atoms with Gasteiger partial charge < -0.3 is 5.32 Å². The van der Waals surface area contributed by atoms with Crippen LogP contribution in [0.3, 0.4) is 0 Å². The fraction of sp³-hybridized carbons (Fsp3) is 0.250. The molecule has 1 aromatic carbocycles. The fourth-order valence-corrected chi connectivity index (χ4v) is 3.63. The molecular formula is C24H23N5O2. The third kappa shape index (κ3) is 5.06. The zero-order valence-corrected chi connectivity index (χ0v) is 17.3. The van der Waals surface area contributed by atoms with Crippen molar-refractivity contribution in [2.75, 3.05) is 0 Å². The number of aromatic nitrogens is 3. The maximum absolute atomic E-state index is 12.5. The minimum absolute atomic E-state index is 0.143. The van der Waals surface area contributed by atoms with Crippen LogP contribution in [-0.2, 0) is 29.1 Å². The van der Waals surface area contributed by atoms with Crippen LogP contribution in [-0.4, -0.2) is 32.6 Å². The molecule has 1 N–H and O–H groups in total. The summed E-state index contributed by atoms with van der Waals surface area (Å²) in [5.74, 6) is 0.0347. The Kier molecular flexibility index (Phi) is 6.21. The van der Waals surface area contributed by atoms with Gasteiger partial charge in [-0.25, -0.2) is 0 Å². The number of ketones is 1. The molecule has 0 saturated heterocycles. The van der Waals surface area contributed by atoms with Crippen LogP contribution < -0.4 is 5.32 Å². The molecule has 0 aliphatic carbocycles. The second kappa shape index (κ2) is 9.38. The summed E-state index contributed by atoms with van der Waals surface area (Å²) in [6, 6.07) is 15.5. The molecule has 3 aromatic rings. The summed E-state index contributed by atoms with van der Waals surface area (Å²) in [6.07, 6.45) is 3.97. The second-order valence-corrected chi connectivity index (χ2v) is 7.63. The normalized spacial score (nSPS) is 13.3. The van der Waals surface area contributed by atoms with E-state index in [0.717, 1.165) is 11.1 Å². The van der Waals surface area contributed by atoms with E-state index in [0.29, 0.717) is 35.6 Å². The molecule has 2 aromatic heterocycles. The number of pyridine rings is 1. The zero-order chi connectivity index (χ0) is 21.6. The molecule has 0 saturated carbocycles. The lowest BCUT2D eigenvalue weighted by Gasteiger charge is -2.11. The lowest BCUT2D eigenvalue weighted by Crippen LogP contribution is -2.31. The summed E-state index contributed by atoms with van der Waals surface area (Å²) < 4.78 is 0. The molecule has 4 rings (SSSR count). The Bertz CT molecular complexity index is 1110. The van der Waals surface area contributed by atoms with Crippen LogP contribution in [0.5, 0.6) is 0 Å². The quantitative estimate of drug-likeness (QED) is 0.612. The summed E-state index contributed by atoms with van der Waals surface area (Å²) in [6.45, 7) is 2.75. The molecule has 0 radical (unpaired) electrons. The van der Waals surface area contributed by atoms with E-state index in [-0.39, 0.29) is 30.6 Å². The van der Waals surface area contributed by atoms with E-state index in [2.05, 4.69) is 32.4 Å². The van der Waals surface area contributed by atoms with E-state index in [1.165, 1.54) is 0 Å². The van der Waals surface area contributed by atoms with Crippen LogP contribution in [0.4, 0.5) is 0 Å². The molecular weight excluding hydrogens is 390 g/mol. The van der Waals surface area contributed by atoms with Gasteiger partial charge in [-0.15, -0.1) is 0 Å². The van der Waals surface area contributed by atoms with Crippen LogP contribution in [0.2, 0.25) is 0 Å². The minimum atomic E-state index is -0.272. The summed E-state index contributed by atoms with van der Waals surface area (Å²) in [7, 11) is 0. The first-order valence-electron chi connectivity index (χ1n) is 10.2. The molecule has 0 bridgehead atoms. The highest BCUT2D eigenvalue weighted by molar-refractivity contribution is 6.46. The maximum Gasteiger partial charge on any atom is 0.270 e. The monoisotopic (exact) mass is 413 g/mol. The number of amides is 1. The lowest BCUT2D eigenvalue weighted by atomic mass is 9.94. The number of Topliss-reactive ketones (excluding diaryl/α,β-unsaturated/α-hetero) is 1. The van der Waals surface area contributed by atoms with Crippen LogP contribution in [0, 0.1) is 0 Å². The molecule has 1 atom stereocenters. The topological polar surface area (TPSA) is 97.2 Å². The first kappa shape index (κ1) is 20.5. The Morgan fingerprint density at radius 1 is 1.10 bits per heavy atom. The molecule has 3 heterocycles. The van der Waals surface area contributed by atoms with Crippen LogP contribution in [0.15, 0.2) is 65.9 Å². The van der Waals surface area contributed by atoms with Crippen LogP contribution >= 0.6 is 0 Å². The molecule has 0 spiro atoms. The standard InChI is InChI=1S/C24H23N5O2/c1-16(17-6-3-2-4-7-17)10-21(30)12-20-11-18-13-26-23(22(18)15-25-20)24(31)27-14-19-8-5-9-28-29-19/h2-9,11,15-16H,10,12-14H2,1H3,(H,27,31)/t16-/m0/s1. The molecule has 7 heteroatoms. The Balaban J connectivity index is 1.35. The maximum atomic E-state index is 12.5. The number of carbonyl (C=O) groups excluding carboxylic acids is 2. The van der Waals surface area contributed by atoms with Gasteiger partial charge in [-0.3, -0.25) is 19.6 Å². The van der Waals surface area contributed by atoms with Gasteiger partial charge in [0.25, 0.3) is 5.91 Å². The number of nitrogens with one attached hydrogen (secondary N) is 1. The van der Waals surface area contributed by atoms with Gasteiger partial charge in [0.2, 0.25) is 0 Å². The van der Waals surface area contributed by atoms with Gasteiger partial charge in [0, 0.05) is 36.5 Å². The molecule has 156 valence electrons. The first-order chi connectivity index (χ1) is 15.1. The molecule has 0 fully saturated rings. The number of carbonyl (C=O) groups is 2. The highest BCUT2D eigenvalue weighted by Crippen LogP contribution is 2.22. The number of fused-ring (bicyclic) bond motifs is 1. The van der Waals surface area contributed by atoms with Gasteiger partial charge in [-0.2, -0.15) is 10.2 Å². The predicted molar refractivity (Wildman–Crippen MR) is 117 cm³/mol. The Morgan fingerprint density at radius 2 is 1.94 bits per heavy atom. The van der Waals surface area contributed by atoms with Crippen LogP contribution in [0.25, 0.3) is 0 Å². The van der Waals surface area contributed by atoms with E-state index >= 15 is 0 Å². The van der Waals surface area contributed by atoms with Gasteiger partial charge >= 0.3 is 0 Å². The van der Waals surface area contributed by atoms with Gasteiger partial charge in [0.15, 0.2) is 0 Å². The van der Waals surface area contributed by atoms with E-state index < -0.39 is 0 Å². The molecule has 1 aliphatic heterocycles. The van der Waals surface area contributed by atoms with Crippen molar-refractivity contribution in [1.29, 1.82) is 0 Å².